The van der Waals surface area contributed by atoms with Crippen LogP contribution < -0.4 is 0 Å². The molecule has 0 bridgehead atoms. The van der Waals surface area contributed by atoms with E-state index < -0.39 is 0 Å². The summed E-state index contributed by atoms with van der Waals surface area (Å²) in [6.45, 7) is 8.51. The zero-order valence-electron chi connectivity index (χ0n) is 11.6. The molecule has 1 fully saturated rings. The van der Waals surface area contributed by atoms with Gasteiger partial charge in [0.1, 0.15) is 0 Å². The van der Waals surface area contributed by atoms with Crippen LogP contribution in [0.15, 0.2) is 30.3 Å². The average molecular weight is 247 g/mol. The minimum absolute atomic E-state index is 0.567. The van der Waals surface area contributed by atoms with Crippen molar-refractivity contribution in [2.45, 2.75) is 32.7 Å². The van der Waals surface area contributed by atoms with Crippen molar-refractivity contribution in [3.05, 3.63) is 35.9 Å². The third-order valence-corrected chi connectivity index (χ3v) is 3.69. The highest BCUT2D eigenvalue weighted by atomic mass is 16.5. The van der Waals surface area contributed by atoms with Crippen molar-refractivity contribution in [2.75, 3.05) is 26.3 Å². The Hall–Kier alpha value is -0.860. The van der Waals surface area contributed by atoms with Gasteiger partial charge in [0.25, 0.3) is 0 Å². The largest absolute Gasteiger partial charge is 0.379 e. The molecule has 0 radical (unpaired) electrons. The molecule has 100 valence electrons. The molecule has 1 unspecified atom stereocenters. The van der Waals surface area contributed by atoms with Crippen molar-refractivity contribution >= 4 is 0 Å². The maximum Gasteiger partial charge on any atom is 0.0594 e. The van der Waals surface area contributed by atoms with Crippen LogP contribution in [0.3, 0.4) is 0 Å². The van der Waals surface area contributed by atoms with Crippen LogP contribution in [0.4, 0.5) is 0 Å². The molecule has 1 saturated heterocycles. The van der Waals surface area contributed by atoms with Gasteiger partial charge in [0.2, 0.25) is 0 Å². The Kier molecular flexibility index (Phi) is 5.21. The molecular weight excluding hydrogens is 222 g/mol. The topological polar surface area (TPSA) is 12.5 Å². The van der Waals surface area contributed by atoms with Gasteiger partial charge in [0, 0.05) is 19.1 Å². The van der Waals surface area contributed by atoms with Crippen LogP contribution in [0.1, 0.15) is 38.3 Å². The van der Waals surface area contributed by atoms with Crippen LogP contribution in [0, 0.1) is 5.92 Å². The van der Waals surface area contributed by atoms with Crippen LogP contribution in [0.2, 0.25) is 0 Å². The van der Waals surface area contributed by atoms with Crippen molar-refractivity contribution in [1.29, 1.82) is 0 Å². The molecule has 1 aromatic rings. The summed E-state index contributed by atoms with van der Waals surface area (Å²) in [4.78, 5) is 2.58. The lowest BCUT2D eigenvalue weighted by Crippen LogP contribution is -2.39. The minimum Gasteiger partial charge on any atom is -0.379 e. The molecule has 0 aromatic heterocycles. The van der Waals surface area contributed by atoms with Crippen LogP contribution in [-0.4, -0.2) is 31.2 Å². The van der Waals surface area contributed by atoms with E-state index in [-0.39, 0.29) is 0 Å². The van der Waals surface area contributed by atoms with E-state index >= 15 is 0 Å². The summed E-state index contributed by atoms with van der Waals surface area (Å²) in [5.41, 5.74) is 1.46. The summed E-state index contributed by atoms with van der Waals surface area (Å²) in [7, 11) is 0. The van der Waals surface area contributed by atoms with Gasteiger partial charge in [-0.2, -0.15) is 0 Å². The maximum absolute atomic E-state index is 5.47. The SMILES string of the molecule is CC(C)CCC(c1ccccc1)N1CCOCC1. The molecule has 0 amide bonds. The predicted octanol–water partition coefficient (Wildman–Crippen LogP) is 3.50. The Morgan fingerprint density at radius 1 is 1.06 bits per heavy atom. The first-order chi connectivity index (χ1) is 8.77. The van der Waals surface area contributed by atoms with Crippen LogP contribution in [0.25, 0.3) is 0 Å². The summed E-state index contributed by atoms with van der Waals surface area (Å²) in [6.07, 6.45) is 2.54. The standard InChI is InChI=1S/C16H25NO/c1-14(2)8-9-16(15-6-4-3-5-7-15)17-10-12-18-13-11-17/h3-7,14,16H,8-13H2,1-2H3. The summed E-state index contributed by atoms with van der Waals surface area (Å²) in [5.74, 6) is 0.775. The average Bonchev–Trinajstić information content (AvgIpc) is 2.41. The quantitative estimate of drug-likeness (QED) is 0.789. The van der Waals surface area contributed by atoms with Crippen molar-refractivity contribution in [3.63, 3.8) is 0 Å². The fourth-order valence-electron chi connectivity index (χ4n) is 2.62. The van der Waals surface area contributed by atoms with Crippen molar-refractivity contribution < 1.29 is 4.74 Å². The van der Waals surface area contributed by atoms with E-state index in [0.29, 0.717) is 6.04 Å². The first kappa shape index (κ1) is 13.6. The number of benzene rings is 1. The Morgan fingerprint density at radius 2 is 1.72 bits per heavy atom. The molecule has 2 heteroatoms. The Labute approximate surface area is 111 Å². The molecule has 0 N–H and O–H groups in total. The van der Waals surface area contributed by atoms with E-state index in [4.69, 9.17) is 4.74 Å². The summed E-state index contributed by atoms with van der Waals surface area (Å²) in [6, 6.07) is 11.5. The molecule has 2 rings (SSSR count). The van der Waals surface area contributed by atoms with Crippen LogP contribution >= 0.6 is 0 Å². The first-order valence-corrected chi connectivity index (χ1v) is 7.14. The zero-order valence-corrected chi connectivity index (χ0v) is 11.6. The van der Waals surface area contributed by atoms with Crippen LogP contribution in [0.5, 0.6) is 0 Å². The number of nitrogens with zero attached hydrogens (tertiary/aromatic N) is 1. The third-order valence-electron chi connectivity index (χ3n) is 3.69. The number of morpholine rings is 1. The molecule has 1 atom stereocenters. The molecule has 0 aliphatic carbocycles. The second kappa shape index (κ2) is 6.91. The van der Waals surface area contributed by atoms with Gasteiger partial charge in [-0.1, -0.05) is 44.2 Å². The van der Waals surface area contributed by atoms with E-state index in [2.05, 4.69) is 49.1 Å². The lowest BCUT2D eigenvalue weighted by Gasteiger charge is -2.35. The normalized spacial score (nSPS) is 19.1. The summed E-state index contributed by atoms with van der Waals surface area (Å²) in [5, 5.41) is 0. The zero-order chi connectivity index (χ0) is 12.8. The number of ether oxygens (including phenoxy) is 1. The Balaban J connectivity index is 2.06. The summed E-state index contributed by atoms with van der Waals surface area (Å²) < 4.78 is 5.47. The smallest absolute Gasteiger partial charge is 0.0594 e. The van der Waals surface area contributed by atoms with Crippen LogP contribution in [-0.2, 0) is 4.74 Å². The van der Waals surface area contributed by atoms with Crippen molar-refractivity contribution in [2.24, 2.45) is 5.92 Å². The van der Waals surface area contributed by atoms with E-state index in [9.17, 15) is 0 Å². The van der Waals surface area contributed by atoms with Gasteiger partial charge in [-0.05, 0) is 24.3 Å². The summed E-state index contributed by atoms with van der Waals surface area (Å²) >= 11 is 0. The highest BCUT2D eigenvalue weighted by Crippen LogP contribution is 2.27. The second-order valence-electron chi connectivity index (χ2n) is 5.55. The first-order valence-electron chi connectivity index (χ1n) is 7.14. The van der Waals surface area contributed by atoms with E-state index in [0.717, 1.165) is 32.2 Å². The molecule has 0 spiro atoms. The molecule has 2 nitrogen and oxygen atoms in total. The number of hydrogen-bond acceptors (Lipinski definition) is 2. The monoisotopic (exact) mass is 247 g/mol. The highest BCUT2D eigenvalue weighted by Gasteiger charge is 2.22. The second-order valence-corrected chi connectivity index (χ2v) is 5.55. The highest BCUT2D eigenvalue weighted by molar-refractivity contribution is 5.19. The fourth-order valence-corrected chi connectivity index (χ4v) is 2.62. The fraction of sp³-hybridized carbons (Fsp3) is 0.625. The third kappa shape index (κ3) is 3.82. The molecule has 1 aliphatic rings. The lowest BCUT2D eigenvalue weighted by atomic mass is 9.96. The van der Waals surface area contributed by atoms with Crippen molar-refractivity contribution in [3.8, 4) is 0 Å². The van der Waals surface area contributed by atoms with Gasteiger partial charge in [-0.15, -0.1) is 0 Å². The molecule has 18 heavy (non-hydrogen) atoms. The van der Waals surface area contributed by atoms with Gasteiger partial charge in [0.15, 0.2) is 0 Å². The molecule has 0 saturated carbocycles. The predicted molar refractivity (Wildman–Crippen MR) is 75.6 cm³/mol. The van der Waals surface area contributed by atoms with E-state index in [1.165, 1.54) is 18.4 Å². The number of hydrogen-bond donors (Lipinski definition) is 0. The molecule has 1 aliphatic heterocycles. The number of rotatable bonds is 5. The van der Waals surface area contributed by atoms with Gasteiger partial charge in [0.05, 0.1) is 13.2 Å². The maximum atomic E-state index is 5.47. The Bertz CT molecular complexity index is 330. The van der Waals surface area contributed by atoms with E-state index in [1.807, 2.05) is 0 Å². The van der Waals surface area contributed by atoms with Gasteiger partial charge in [-0.3, -0.25) is 4.90 Å². The van der Waals surface area contributed by atoms with Gasteiger partial charge >= 0.3 is 0 Å². The lowest BCUT2D eigenvalue weighted by molar-refractivity contribution is 0.0131. The molecular formula is C16H25NO. The molecule has 1 heterocycles. The van der Waals surface area contributed by atoms with Gasteiger partial charge in [-0.25, -0.2) is 0 Å². The van der Waals surface area contributed by atoms with Gasteiger partial charge < -0.3 is 4.74 Å². The minimum atomic E-state index is 0.567. The Morgan fingerprint density at radius 3 is 2.33 bits per heavy atom. The van der Waals surface area contributed by atoms with Crippen molar-refractivity contribution in [1.82, 2.24) is 4.90 Å². The van der Waals surface area contributed by atoms with E-state index in [1.54, 1.807) is 0 Å². The molecule has 1 aromatic carbocycles.